The highest BCUT2D eigenvalue weighted by molar-refractivity contribution is 5.85. The lowest BCUT2D eigenvalue weighted by molar-refractivity contribution is 0.355. The van der Waals surface area contributed by atoms with Gasteiger partial charge < -0.3 is 9.47 Å². The molecule has 8 nitrogen and oxygen atoms in total. The van der Waals surface area contributed by atoms with Crippen LogP contribution in [0.4, 0.5) is 0 Å². The molecule has 0 unspecified atom stereocenters. The van der Waals surface area contributed by atoms with Gasteiger partial charge in [0.2, 0.25) is 0 Å². The van der Waals surface area contributed by atoms with Crippen molar-refractivity contribution >= 4 is 21.9 Å². The summed E-state index contributed by atoms with van der Waals surface area (Å²) in [7, 11) is 3.13. The third-order valence-corrected chi connectivity index (χ3v) is 5.26. The maximum absolute atomic E-state index is 13.1. The highest BCUT2D eigenvalue weighted by Gasteiger charge is 2.15. The summed E-state index contributed by atoms with van der Waals surface area (Å²) in [6.45, 7) is 0.395. The first-order valence-electron chi connectivity index (χ1n) is 9.69. The van der Waals surface area contributed by atoms with Crippen molar-refractivity contribution in [3.8, 4) is 17.2 Å². The second-order valence-electron chi connectivity index (χ2n) is 7.03. The number of hydrogen-bond donors (Lipinski definition) is 0. The van der Waals surface area contributed by atoms with Gasteiger partial charge in [0.15, 0.2) is 22.7 Å². The molecule has 154 valence electrons. The predicted molar refractivity (Wildman–Crippen MR) is 117 cm³/mol. The van der Waals surface area contributed by atoms with Crippen LogP contribution >= 0.6 is 0 Å². The van der Waals surface area contributed by atoms with Gasteiger partial charge in [-0.15, -0.1) is 5.10 Å². The Morgan fingerprint density at radius 3 is 2.58 bits per heavy atom. The van der Waals surface area contributed by atoms with Gasteiger partial charge in [0.05, 0.1) is 26.5 Å². The molecule has 2 heterocycles. The van der Waals surface area contributed by atoms with Crippen molar-refractivity contribution in [1.82, 2.24) is 24.5 Å². The summed E-state index contributed by atoms with van der Waals surface area (Å²) in [5.74, 6) is 1.15. The lowest BCUT2D eigenvalue weighted by atomic mass is 10.0. The quantitative estimate of drug-likeness (QED) is 0.440. The molecule has 31 heavy (non-hydrogen) atoms. The first-order valence-corrected chi connectivity index (χ1v) is 9.69. The number of fused-ring (bicyclic) bond motifs is 2. The highest BCUT2D eigenvalue weighted by Crippen LogP contribution is 2.29. The molecule has 0 aliphatic rings. The smallest absolute Gasteiger partial charge is 0.283 e. The van der Waals surface area contributed by atoms with Crippen LogP contribution in [0.25, 0.3) is 27.6 Å². The minimum atomic E-state index is -0.246. The molecule has 0 saturated heterocycles. The molecule has 5 rings (SSSR count). The van der Waals surface area contributed by atoms with Crippen LogP contribution in [0.15, 0.2) is 71.8 Å². The lowest BCUT2D eigenvalue weighted by Gasteiger charge is -2.10. The number of rotatable bonds is 5. The van der Waals surface area contributed by atoms with E-state index in [-0.39, 0.29) is 11.1 Å². The monoisotopic (exact) mass is 413 g/mol. The van der Waals surface area contributed by atoms with Crippen molar-refractivity contribution in [3.05, 3.63) is 82.9 Å². The maximum atomic E-state index is 13.1. The zero-order valence-corrected chi connectivity index (χ0v) is 17.0. The Labute approximate surface area is 177 Å². The fourth-order valence-electron chi connectivity index (χ4n) is 3.70. The van der Waals surface area contributed by atoms with Crippen molar-refractivity contribution in [2.75, 3.05) is 14.2 Å². The molecule has 0 aliphatic heterocycles. The highest BCUT2D eigenvalue weighted by atomic mass is 16.5. The standard InChI is InChI=1S/C23H19N5O3/c1-30-19-11-10-17(12-20(19)31-2)28-22-21(25-26-28)23(29)27(14-24-22)13-16-8-5-7-15-6-3-4-9-18(15)16/h3-12,14H,13H2,1-2H3. The van der Waals surface area contributed by atoms with Gasteiger partial charge >= 0.3 is 0 Å². The van der Waals surface area contributed by atoms with E-state index >= 15 is 0 Å². The molecule has 0 aliphatic carbocycles. The Hall–Kier alpha value is -4.20. The second kappa shape index (κ2) is 7.56. The predicted octanol–water partition coefficient (Wildman–Crippen LogP) is 3.20. The Morgan fingerprint density at radius 1 is 0.935 bits per heavy atom. The van der Waals surface area contributed by atoms with Gasteiger partial charge in [-0.25, -0.2) is 4.98 Å². The summed E-state index contributed by atoms with van der Waals surface area (Å²) in [6.07, 6.45) is 1.53. The normalized spacial score (nSPS) is 11.2. The number of nitrogens with zero attached hydrogens (tertiary/aromatic N) is 5. The molecule has 0 saturated carbocycles. The van der Waals surface area contributed by atoms with E-state index in [2.05, 4.69) is 33.5 Å². The van der Waals surface area contributed by atoms with E-state index < -0.39 is 0 Å². The van der Waals surface area contributed by atoms with Gasteiger partial charge in [0.1, 0.15) is 6.33 Å². The van der Waals surface area contributed by atoms with E-state index in [0.717, 1.165) is 16.3 Å². The molecule has 0 amide bonds. The molecule has 8 heteroatoms. The van der Waals surface area contributed by atoms with Crippen LogP contribution in [0.2, 0.25) is 0 Å². The molecule has 5 aromatic rings. The van der Waals surface area contributed by atoms with E-state index in [4.69, 9.17) is 9.47 Å². The van der Waals surface area contributed by atoms with E-state index in [9.17, 15) is 4.79 Å². The second-order valence-corrected chi connectivity index (χ2v) is 7.03. The number of hydrogen-bond acceptors (Lipinski definition) is 6. The van der Waals surface area contributed by atoms with E-state index in [1.165, 1.54) is 11.0 Å². The molecule has 0 fully saturated rings. The third-order valence-electron chi connectivity index (χ3n) is 5.26. The average molecular weight is 413 g/mol. The Balaban J connectivity index is 1.57. The summed E-state index contributed by atoms with van der Waals surface area (Å²) in [5, 5.41) is 10.5. The summed E-state index contributed by atoms with van der Waals surface area (Å²) in [6, 6.07) is 19.5. The zero-order valence-electron chi connectivity index (χ0n) is 17.0. The first-order chi connectivity index (χ1) is 15.2. The van der Waals surface area contributed by atoms with Crippen LogP contribution in [0, 0.1) is 0 Å². The molecular weight excluding hydrogens is 394 g/mol. The van der Waals surface area contributed by atoms with Gasteiger partial charge in [-0.1, -0.05) is 47.7 Å². The molecule has 0 N–H and O–H groups in total. The Bertz CT molecular complexity index is 1470. The fourth-order valence-corrected chi connectivity index (χ4v) is 3.70. The van der Waals surface area contributed by atoms with Gasteiger partial charge in [-0.05, 0) is 28.5 Å². The van der Waals surface area contributed by atoms with E-state index in [0.29, 0.717) is 29.4 Å². The van der Waals surface area contributed by atoms with Gasteiger partial charge in [-0.2, -0.15) is 4.68 Å². The number of aromatic nitrogens is 5. The van der Waals surface area contributed by atoms with Crippen molar-refractivity contribution in [2.45, 2.75) is 6.54 Å². The molecule has 0 bridgehead atoms. The maximum Gasteiger partial charge on any atom is 0.283 e. The fraction of sp³-hybridized carbons (Fsp3) is 0.130. The van der Waals surface area contributed by atoms with Crippen LogP contribution in [0.3, 0.4) is 0 Å². The zero-order chi connectivity index (χ0) is 21.4. The van der Waals surface area contributed by atoms with Crippen LogP contribution in [0.1, 0.15) is 5.56 Å². The molecule has 0 atom stereocenters. The van der Waals surface area contributed by atoms with Crippen LogP contribution in [0.5, 0.6) is 11.5 Å². The summed E-state index contributed by atoms with van der Waals surface area (Å²) in [4.78, 5) is 17.6. The Kier molecular flexibility index (Phi) is 4.59. The van der Waals surface area contributed by atoms with Crippen LogP contribution in [-0.2, 0) is 6.54 Å². The van der Waals surface area contributed by atoms with Gasteiger partial charge in [0, 0.05) is 6.07 Å². The number of ether oxygens (including phenoxy) is 2. The van der Waals surface area contributed by atoms with Crippen molar-refractivity contribution in [3.63, 3.8) is 0 Å². The molecule has 0 spiro atoms. The topological polar surface area (TPSA) is 84.1 Å². The van der Waals surface area contributed by atoms with Crippen molar-refractivity contribution < 1.29 is 9.47 Å². The van der Waals surface area contributed by atoms with Crippen LogP contribution < -0.4 is 15.0 Å². The number of benzene rings is 3. The summed E-state index contributed by atoms with van der Waals surface area (Å²) in [5.41, 5.74) is 2.04. The Morgan fingerprint density at radius 2 is 1.74 bits per heavy atom. The third kappa shape index (κ3) is 3.18. The molecule has 0 radical (unpaired) electrons. The first kappa shape index (κ1) is 18.8. The van der Waals surface area contributed by atoms with Crippen molar-refractivity contribution in [2.24, 2.45) is 0 Å². The SMILES string of the molecule is COc1ccc(-n2nnc3c(=O)n(Cc4cccc5ccccc45)cnc32)cc1OC. The van der Waals surface area contributed by atoms with Gasteiger partial charge in [-0.3, -0.25) is 9.36 Å². The van der Waals surface area contributed by atoms with Crippen LogP contribution in [-0.4, -0.2) is 38.8 Å². The molecular formula is C23H19N5O3. The minimum Gasteiger partial charge on any atom is -0.493 e. The minimum absolute atomic E-state index is 0.206. The summed E-state index contributed by atoms with van der Waals surface area (Å²) < 4.78 is 13.7. The number of methoxy groups -OCH3 is 2. The van der Waals surface area contributed by atoms with Crippen molar-refractivity contribution in [1.29, 1.82) is 0 Å². The largest absolute Gasteiger partial charge is 0.493 e. The summed E-state index contributed by atoms with van der Waals surface area (Å²) >= 11 is 0. The van der Waals surface area contributed by atoms with E-state index in [1.54, 1.807) is 37.0 Å². The molecule has 2 aromatic heterocycles. The van der Waals surface area contributed by atoms with Gasteiger partial charge in [0.25, 0.3) is 5.56 Å². The average Bonchev–Trinajstić information content (AvgIpc) is 3.25. The van der Waals surface area contributed by atoms with E-state index in [1.807, 2.05) is 24.3 Å². The molecule has 3 aromatic carbocycles. The lowest BCUT2D eigenvalue weighted by Crippen LogP contribution is -2.21.